The number of hydrogen-bond acceptors (Lipinski definition) is 5. The molecule has 2 aromatic heterocycles. The van der Waals surface area contributed by atoms with E-state index in [2.05, 4.69) is 25.4 Å². The number of aromatic amines is 1. The first-order chi connectivity index (χ1) is 9.25. The normalized spacial score (nSPS) is 16.6. The molecule has 0 saturated carbocycles. The molecule has 1 saturated heterocycles. The second-order valence-corrected chi connectivity index (χ2v) is 5.89. The summed E-state index contributed by atoms with van der Waals surface area (Å²) in [6.45, 7) is 5.96. The van der Waals surface area contributed by atoms with Crippen molar-refractivity contribution in [3.63, 3.8) is 0 Å². The molecule has 19 heavy (non-hydrogen) atoms. The van der Waals surface area contributed by atoms with Gasteiger partial charge in [0.2, 0.25) is 5.95 Å². The maximum Gasteiger partial charge on any atom is 0.245 e. The molecule has 5 nitrogen and oxygen atoms in total. The first kappa shape index (κ1) is 12.9. The molecule has 0 bridgehead atoms. The predicted molar refractivity (Wildman–Crippen MR) is 79.1 cm³/mol. The molecule has 3 rings (SSSR count). The molecule has 2 N–H and O–H groups in total. The van der Waals surface area contributed by atoms with Crippen LogP contribution in [0, 0.1) is 6.92 Å². The van der Waals surface area contributed by atoms with Gasteiger partial charge in [-0.1, -0.05) is 11.6 Å². The van der Waals surface area contributed by atoms with Gasteiger partial charge in [-0.2, -0.15) is 4.98 Å². The average Bonchev–Trinajstić information content (AvgIpc) is 2.90. The summed E-state index contributed by atoms with van der Waals surface area (Å²) in [5.74, 6) is 1.52. The summed E-state index contributed by atoms with van der Waals surface area (Å²) in [6, 6.07) is 0. The van der Waals surface area contributed by atoms with Crippen molar-refractivity contribution >= 4 is 28.9 Å². The van der Waals surface area contributed by atoms with E-state index in [1.54, 1.807) is 11.3 Å². The molecule has 0 unspecified atom stereocenters. The standard InChI is InChI=1S/C12H16ClN5S/c1-8-7-19-10(9(8)13)11-15-12(17-16-11)18-5-2-3-14-4-6-18/h7,14H,2-6H2,1H3,(H,15,16,17). The number of hydrogen-bond donors (Lipinski definition) is 2. The number of aryl methyl sites for hydroxylation is 1. The molecule has 0 radical (unpaired) electrons. The molecular weight excluding hydrogens is 282 g/mol. The zero-order valence-electron chi connectivity index (χ0n) is 10.7. The van der Waals surface area contributed by atoms with Crippen LogP contribution in [-0.2, 0) is 0 Å². The van der Waals surface area contributed by atoms with E-state index < -0.39 is 0 Å². The van der Waals surface area contributed by atoms with Crippen molar-refractivity contribution in [1.82, 2.24) is 20.5 Å². The molecule has 2 aromatic rings. The molecule has 0 aromatic carbocycles. The lowest BCUT2D eigenvalue weighted by Crippen LogP contribution is -2.28. The van der Waals surface area contributed by atoms with E-state index in [1.807, 2.05) is 12.3 Å². The monoisotopic (exact) mass is 297 g/mol. The Morgan fingerprint density at radius 3 is 3.05 bits per heavy atom. The fourth-order valence-corrected chi connectivity index (χ4v) is 3.35. The third-order valence-electron chi connectivity index (χ3n) is 3.21. The SMILES string of the molecule is Cc1csc(-c2nc(N3CCCNCC3)n[nH]2)c1Cl. The van der Waals surface area contributed by atoms with Crippen molar-refractivity contribution in [2.45, 2.75) is 13.3 Å². The van der Waals surface area contributed by atoms with Crippen LogP contribution in [0.4, 0.5) is 5.95 Å². The summed E-state index contributed by atoms with van der Waals surface area (Å²) >= 11 is 7.86. The smallest absolute Gasteiger partial charge is 0.245 e. The Bertz CT molecular complexity index is 556. The van der Waals surface area contributed by atoms with Gasteiger partial charge in [0.15, 0.2) is 5.82 Å². The highest BCUT2D eigenvalue weighted by atomic mass is 35.5. The first-order valence-corrected chi connectivity index (χ1v) is 7.63. The minimum atomic E-state index is 0.760. The van der Waals surface area contributed by atoms with Gasteiger partial charge in [-0.3, -0.25) is 5.10 Å². The van der Waals surface area contributed by atoms with Gasteiger partial charge >= 0.3 is 0 Å². The third kappa shape index (κ3) is 2.61. The van der Waals surface area contributed by atoms with Crippen LogP contribution in [-0.4, -0.2) is 41.4 Å². The van der Waals surface area contributed by atoms with Gasteiger partial charge in [-0.05, 0) is 30.8 Å². The van der Waals surface area contributed by atoms with E-state index in [0.29, 0.717) is 0 Å². The zero-order chi connectivity index (χ0) is 13.2. The molecule has 1 aliphatic rings. The number of H-pyrrole nitrogens is 1. The van der Waals surface area contributed by atoms with E-state index in [4.69, 9.17) is 11.6 Å². The summed E-state index contributed by atoms with van der Waals surface area (Å²) in [6.07, 6.45) is 1.11. The minimum absolute atomic E-state index is 0.760. The van der Waals surface area contributed by atoms with Gasteiger partial charge in [0.1, 0.15) is 0 Å². The van der Waals surface area contributed by atoms with Gasteiger partial charge in [-0.15, -0.1) is 16.4 Å². The molecule has 0 atom stereocenters. The Balaban J connectivity index is 1.84. The second kappa shape index (κ2) is 5.48. The molecule has 102 valence electrons. The van der Waals surface area contributed by atoms with Crippen molar-refractivity contribution in [1.29, 1.82) is 0 Å². The molecule has 0 spiro atoms. The number of thiophene rings is 1. The maximum atomic E-state index is 6.26. The van der Waals surface area contributed by atoms with Crippen LogP contribution in [0.1, 0.15) is 12.0 Å². The number of nitrogens with zero attached hydrogens (tertiary/aromatic N) is 3. The van der Waals surface area contributed by atoms with Gasteiger partial charge in [0.25, 0.3) is 0 Å². The number of aromatic nitrogens is 3. The van der Waals surface area contributed by atoms with Crippen LogP contribution in [0.25, 0.3) is 10.7 Å². The van der Waals surface area contributed by atoms with E-state index in [0.717, 1.165) is 59.8 Å². The Kier molecular flexibility index (Phi) is 3.72. The van der Waals surface area contributed by atoms with Gasteiger partial charge in [-0.25, -0.2) is 0 Å². The van der Waals surface area contributed by atoms with Crippen molar-refractivity contribution in [3.05, 3.63) is 16.0 Å². The Labute approximate surface area is 121 Å². The van der Waals surface area contributed by atoms with Crippen molar-refractivity contribution in [2.75, 3.05) is 31.1 Å². The van der Waals surface area contributed by atoms with Gasteiger partial charge < -0.3 is 10.2 Å². The van der Waals surface area contributed by atoms with E-state index in [9.17, 15) is 0 Å². The minimum Gasteiger partial charge on any atom is -0.338 e. The molecule has 0 aliphatic carbocycles. The molecule has 7 heteroatoms. The lowest BCUT2D eigenvalue weighted by Gasteiger charge is -2.16. The molecule has 1 fully saturated rings. The Morgan fingerprint density at radius 1 is 1.37 bits per heavy atom. The highest BCUT2D eigenvalue weighted by Crippen LogP contribution is 2.34. The van der Waals surface area contributed by atoms with Crippen LogP contribution in [0.3, 0.4) is 0 Å². The third-order valence-corrected chi connectivity index (χ3v) is 4.91. The van der Waals surface area contributed by atoms with E-state index in [-0.39, 0.29) is 0 Å². The largest absolute Gasteiger partial charge is 0.338 e. The van der Waals surface area contributed by atoms with Crippen molar-refractivity contribution in [3.8, 4) is 10.7 Å². The number of halogens is 1. The lowest BCUT2D eigenvalue weighted by molar-refractivity contribution is 0.724. The molecule has 1 aliphatic heterocycles. The van der Waals surface area contributed by atoms with Crippen LogP contribution < -0.4 is 10.2 Å². The quantitative estimate of drug-likeness (QED) is 0.893. The highest BCUT2D eigenvalue weighted by molar-refractivity contribution is 7.14. The predicted octanol–water partition coefficient (Wildman–Crippen LogP) is 2.29. The molecular formula is C12H16ClN5S. The number of nitrogens with one attached hydrogen (secondary N) is 2. The topological polar surface area (TPSA) is 56.8 Å². The Morgan fingerprint density at radius 2 is 2.26 bits per heavy atom. The van der Waals surface area contributed by atoms with Crippen molar-refractivity contribution in [2.24, 2.45) is 0 Å². The van der Waals surface area contributed by atoms with Gasteiger partial charge in [0, 0.05) is 19.6 Å². The average molecular weight is 298 g/mol. The highest BCUT2D eigenvalue weighted by Gasteiger charge is 2.17. The van der Waals surface area contributed by atoms with Gasteiger partial charge in [0.05, 0.1) is 9.90 Å². The summed E-state index contributed by atoms with van der Waals surface area (Å²) < 4.78 is 0. The second-order valence-electron chi connectivity index (χ2n) is 4.64. The number of rotatable bonds is 2. The van der Waals surface area contributed by atoms with Crippen LogP contribution in [0.2, 0.25) is 5.02 Å². The first-order valence-electron chi connectivity index (χ1n) is 6.38. The fourth-order valence-electron chi connectivity index (χ4n) is 2.13. The zero-order valence-corrected chi connectivity index (χ0v) is 12.3. The van der Waals surface area contributed by atoms with E-state index in [1.165, 1.54) is 0 Å². The Hall–Kier alpha value is -1.11. The summed E-state index contributed by atoms with van der Waals surface area (Å²) in [5, 5.41) is 13.5. The molecule has 3 heterocycles. The fraction of sp³-hybridized carbons (Fsp3) is 0.500. The maximum absolute atomic E-state index is 6.26. The van der Waals surface area contributed by atoms with Crippen LogP contribution >= 0.6 is 22.9 Å². The summed E-state index contributed by atoms with van der Waals surface area (Å²) in [5.41, 5.74) is 1.08. The number of anilines is 1. The summed E-state index contributed by atoms with van der Waals surface area (Å²) in [4.78, 5) is 7.74. The van der Waals surface area contributed by atoms with Crippen LogP contribution in [0.15, 0.2) is 5.38 Å². The van der Waals surface area contributed by atoms with Crippen molar-refractivity contribution < 1.29 is 0 Å². The molecule has 0 amide bonds. The van der Waals surface area contributed by atoms with E-state index >= 15 is 0 Å². The lowest BCUT2D eigenvalue weighted by atomic mass is 10.3. The summed E-state index contributed by atoms with van der Waals surface area (Å²) in [7, 11) is 0. The van der Waals surface area contributed by atoms with Crippen LogP contribution in [0.5, 0.6) is 0 Å².